The molecule has 0 bridgehead atoms. The zero-order valence-corrected chi connectivity index (χ0v) is 14.5. The van der Waals surface area contributed by atoms with E-state index in [1.165, 1.54) is 23.5 Å². The minimum absolute atomic E-state index is 0.0546. The summed E-state index contributed by atoms with van der Waals surface area (Å²) in [4.78, 5) is 4.38. The summed E-state index contributed by atoms with van der Waals surface area (Å²) in [7, 11) is -3.79. The zero-order valence-electron chi connectivity index (χ0n) is 12.9. The Morgan fingerprint density at radius 1 is 1.17 bits per heavy atom. The van der Waals surface area contributed by atoms with Crippen LogP contribution < -0.4 is 4.72 Å². The number of sulfonamides is 1. The van der Waals surface area contributed by atoms with E-state index < -0.39 is 15.8 Å². The first-order chi connectivity index (χ1) is 11.5. The van der Waals surface area contributed by atoms with E-state index in [9.17, 15) is 12.8 Å². The number of hydrogen-bond acceptors (Lipinski definition) is 4. The van der Waals surface area contributed by atoms with Gasteiger partial charge in [0.25, 0.3) is 0 Å². The molecule has 1 aromatic heterocycles. The Morgan fingerprint density at radius 3 is 2.67 bits per heavy atom. The van der Waals surface area contributed by atoms with E-state index in [1.54, 1.807) is 6.92 Å². The highest BCUT2D eigenvalue weighted by molar-refractivity contribution is 7.89. The summed E-state index contributed by atoms with van der Waals surface area (Å²) in [5.74, 6) is -0.582. The molecule has 124 valence electrons. The summed E-state index contributed by atoms with van der Waals surface area (Å²) < 4.78 is 40.5. The van der Waals surface area contributed by atoms with Crippen LogP contribution in [0.4, 0.5) is 4.39 Å². The summed E-state index contributed by atoms with van der Waals surface area (Å²) in [6.07, 6.45) is 0. The van der Waals surface area contributed by atoms with Crippen molar-refractivity contribution in [2.75, 3.05) is 0 Å². The fraction of sp³-hybridized carbons (Fsp3) is 0.118. The minimum Gasteiger partial charge on any atom is -0.240 e. The highest BCUT2D eigenvalue weighted by Gasteiger charge is 2.18. The standard InChI is InChI=1S/C17H15FN2O2S2/c1-12-7-8-14(18)9-16(12)24(21,22)19-10-15-11-23-17(20-15)13-5-3-2-4-6-13/h2-9,11,19H,10H2,1H3. The van der Waals surface area contributed by atoms with Gasteiger partial charge in [0, 0.05) is 10.9 Å². The van der Waals surface area contributed by atoms with Gasteiger partial charge in [0.15, 0.2) is 0 Å². The zero-order chi connectivity index (χ0) is 17.2. The molecule has 7 heteroatoms. The van der Waals surface area contributed by atoms with Gasteiger partial charge in [-0.1, -0.05) is 36.4 Å². The third-order valence-electron chi connectivity index (χ3n) is 3.46. The number of nitrogens with zero attached hydrogens (tertiary/aromatic N) is 1. The number of aryl methyl sites for hydroxylation is 1. The second kappa shape index (κ2) is 6.80. The van der Waals surface area contributed by atoms with Crippen molar-refractivity contribution in [3.8, 4) is 10.6 Å². The van der Waals surface area contributed by atoms with Crippen LogP contribution in [0.15, 0.2) is 58.8 Å². The molecule has 0 spiro atoms. The molecule has 1 heterocycles. The molecule has 1 N–H and O–H groups in total. The predicted octanol–water partition coefficient (Wildman–Crippen LogP) is 3.74. The molecule has 0 aliphatic carbocycles. The van der Waals surface area contributed by atoms with E-state index in [-0.39, 0.29) is 11.4 Å². The van der Waals surface area contributed by atoms with Crippen molar-refractivity contribution in [1.29, 1.82) is 0 Å². The Bertz CT molecular complexity index is 954. The van der Waals surface area contributed by atoms with Crippen molar-refractivity contribution in [2.45, 2.75) is 18.4 Å². The van der Waals surface area contributed by atoms with Crippen LogP contribution in [0.3, 0.4) is 0 Å². The van der Waals surface area contributed by atoms with Gasteiger partial charge in [0.05, 0.1) is 17.1 Å². The van der Waals surface area contributed by atoms with Crippen molar-refractivity contribution < 1.29 is 12.8 Å². The van der Waals surface area contributed by atoms with Gasteiger partial charge in [0.2, 0.25) is 10.0 Å². The number of thiazole rings is 1. The van der Waals surface area contributed by atoms with E-state index in [4.69, 9.17) is 0 Å². The quantitative estimate of drug-likeness (QED) is 0.752. The molecule has 2 aromatic carbocycles. The number of benzene rings is 2. The smallest absolute Gasteiger partial charge is 0.240 e. The van der Waals surface area contributed by atoms with Crippen molar-refractivity contribution >= 4 is 21.4 Å². The maximum atomic E-state index is 13.3. The number of rotatable bonds is 5. The molecule has 3 aromatic rings. The Balaban J connectivity index is 1.76. The Morgan fingerprint density at radius 2 is 1.92 bits per heavy atom. The molecule has 3 rings (SSSR count). The lowest BCUT2D eigenvalue weighted by atomic mass is 10.2. The first-order valence-electron chi connectivity index (χ1n) is 7.21. The predicted molar refractivity (Wildman–Crippen MR) is 92.7 cm³/mol. The minimum atomic E-state index is -3.79. The van der Waals surface area contributed by atoms with Crippen LogP contribution in [0.1, 0.15) is 11.3 Å². The van der Waals surface area contributed by atoms with Crippen LogP contribution in [0, 0.1) is 12.7 Å². The number of halogens is 1. The lowest BCUT2D eigenvalue weighted by Gasteiger charge is -2.08. The first-order valence-corrected chi connectivity index (χ1v) is 9.57. The molecule has 4 nitrogen and oxygen atoms in total. The molecule has 0 saturated carbocycles. The summed E-state index contributed by atoms with van der Waals surface area (Å²) in [6, 6.07) is 13.4. The maximum absolute atomic E-state index is 13.3. The van der Waals surface area contributed by atoms with Crippen LogP contribution in [0.2, 0.25) is 0 Å². The van der Waals surface area contributed by atoms with Crippen molar-refractivity contribution in [3.05, 3.63) is 71.0 Å². The van der Waals surface area contributed by atoms with Crippen LogP contribution in [0.5, 0.6) is 0 Å². The van der Waals surface area contributed by atoms with E-state index in [0.29, 0.717) is 11.3 Å². The second-order valence-corrected chi connectivity index (χ2v) is 7.84. The topological polar surface area (TPSA) is 59.1 Å². The van der Waals surface area contributed by atoms with Gasteiger partial charge in [-0.15, -0.1) is 11.3 Å². The molecule has 24 heavy (non-hydrogen) atoms. The molecular formula is C17H15FN2O2S2. The number of nitrogens with one attached hydrogen (secondary N) is 1. The van der Waals surface area contributed by atoms with Crippen molar-refractivity contribution in [2.24, 2.45) is 0 Å². The van der Waals surface area contributed by atoms with Crippen LogP contribution in [0.25, 0.3) is 10.6 Å². The lowest BCUT2D eigenvalue weighted by Crippen LogP contribution is -2.24. The average Bonchev–Trinajstić information content (AvgIpc) is 3.05. The summed E-state index contributed by atoms with van der Waals surface area (Å²) in [5.41, 5.74) is 2.10. The van der Waals surface area contributed by atoms with Gasteiger partial charge in [-0.2, -0.15) is 0 Å². The van der Waals surface area contributed by atoms with E-state index in [2.05, 4.69) is 9.71 Å². The van der Waals surface area contributed by atoms with E-state index in [1.807, 2.05) is 35.7 Å². The monoisotopic (exact) mass is 362 g/mol. The highest BCUT2D eigenvalue weighted by atomic mass is 32.2. The SMILES string of the molecule is Cc1ccc(F)cc1S(=O)(=O)NCc1csc(-c2ccccc2)n1. The van der Waals surface area contributed by atoms with Gasteiger partial charge in [-0.05, 0) is 24.6 Å². The third-order valence-corrected chi connectivity index (χ3v) is 5.94. The van der Waals surface area contributed by atoms with Gasteiger partial charge in [0.1, 0.15) is 10.8 Å². The Hall–Kier alpha value is -2.09. The molecule has 0 atom stereocenters. The van der Waals surface area contributed by atoms with Crippen LogP contribution in [-0.2, 0) is 16.6 Å². The molecule has 0 unspecified atom stereocenters. The molecular weight excluding hydrogens is 347 g/mol. The summed E-state index contributed by atoms with van der Waals surface area (Å²) in [5, 5.41) is 2.63. The first kappa shape index (κ1) is 16.8. The number of aromatic nitrogens is 1. The molecule has 0 saturated heterocycles. The fourth-order valence-electron chi connectivity index (χ4n) is 2.21. The average molecular weight is 362 g/mol. The fourth-order valence-corrected chi connectivity index (χ4v) is 4.29. The maximum Gasteiger partial charge on any atom is 0.241 e. The second-order valence-electron chi connectivity index (χ2n) is 5.24. The number of hydrogen-bond donors (Lipinski definition) is 1. The van der Waals surface area contributed by atoms with E-state index >= 15 is 0 Å². The molecule has 0 aliphatic heterocycles. The van der Waals surface area contributed by atoms with Crippen molar-refractivity contribution in [1.82, 2.24) is 9.71 Å². The third kappa shape index (κ3) is 3.69. The molecule has 0 aliphatic rings. The van der Waals surface area contributed by atoms with E-state index in [0.717, 1.165) is 16.6 Å². The van der Waals surface area contributed by atoms with Gasteiger partial charge < -0.3 is 0 Å². The summed E-state index contributed by atoms with van der Waals surface area (Å²) in [6.45, 7) is 1.69. The Kier molecular flexibility index (Phi) is 4.75. The summed E-state index contributed by atoms with van der Waals surface area (Å²) >= 11 is 1.45. The van der Waals surface area contributed by atoms with Crippen LogP contribution in [-0.4, -0.2) is 13.4 Å². The molecule has 0 radical (unpaired) electrons. The van der Waals surface area contributed by atoms with Crippen LogP contribution >= 0.6 is 11.3 Å². The lowest BCUT2D eigenvalue weighted by molar-refractivity contribution is 0.576. The van der Waals surface area contributed by atoms with Gasteiger partial charge in [-0.3, -0.25) is 0 Å². The van der Waals surface area contributed by atoms with Gasteiger partial charge in [-0.25, -0.2) is 22.5 Å². The molecule has 0 fully saturated rings. The normalized spacial score (nSPS) is 11.6. The van der Waals surface area contributed by atoms with Gasteiger partial charge >= 0.3 is 0 Å². The Labute approximate surface area is 144 Å². The largest absolute Gasteiger partial charge is 0.241 e. The molecule has 0 amide bonds. The van der Waals surface area contributed by atoms with Crippen molar-refractivity contribution in [3.63, 3.8) is 0 Å². The highest BCUT2D eigenvalue weighted by Crippen LogP contribution is 2.23.